The number of Topliss-reactive ketones (excluding diaryl/α,β-unsaturated/α-hetero) is 1. The van der Waals surface area contributed by atoms with E-state index in [-0.39, 0.29) is 22.9 Å². The zero-order valence-electron chi connectivity index (χ0n) is 15.3. The van der Waals surface area contributed by atoms with Gasteiger partial charge >= 0.3 is 11.7 Å². The monoisotopic (exact) mass is 386 g/mol. The Morgan fingerprint density at radius 2 is 1.71 bits per heavy atom. The molecular weight excluding hydrogens is 368 g/mol. The van der Waals surface area contributed by atoms with Crippen LogP contribution in [0.4, 0.5) is 11.4 Å². The van der Waals surface area contributed by atoms with Gasteiger partial charge in [0, 0.05) is 23.7 Å². The second kappa shape index (κ2) is 9.26. The number of anilines is 1. The normalized spacial score (nSPS) is 10.1. The van der Waals surface area contributed by atoms with Gasteiger partial charge < -0.3 is 14.8 Å². The van der Waals surface area contributed by atoms with Gasteiger partial charge in [-0.05, 0) is 36.4 Å². The van der Waals surface area contributed by atoms with Crippen molar-refractivity contribution >= 4 is 29.0 Å². The second-order valence-electron chi connectivity index (χ2n) is 5.62. The van der Waals surface area contributed by atoms with E-state index < -0.39 is 23.3 Å². The van der Waals surface area contributed by atoms with Gasteiger partial charge in [0.2, 0.25) is 5.91 Å². The third kappa shape index (κ3) is 5.13. The quantitative estimate of drug-likeness (QED) is 0.320. The van der Waals surface area contributed by atoms with Crippen molar-refractivity contribution in [2.75, 3.05) is 19.0 Å². The maximum atomic E-state index is 12.2. The molecule has 2 rings (SSSR count). The maximum Gasteiger partial charge on any atom is 0.338 e. The van der Waals surface area contributed by atoms with E-state index >= 15 is 0 Å². The second-order valence-corrected chi connectivity index (χ2v) is 5.62. The van der Waals surface area contributed by atoms with Crippen LogP contribution in [-0.4, -0.2) is 36.3 Å². The molecular formula is C19H18N2O7. The van der Waals surface area contributed by atoms with Crippen LogP contribution in [0.25, 0.3) is 0 Å². The molecule has 2 aromatic rings. The first-order chi connectivity index (χ1) is 13.3. The van der Waals surface area contributed by atoms with Gasteiger partial charge in [0.05, 0.1) is 17.6 Å². The molecule has 0 saturated heterocycles. The molecule has 0 aromatic heterocycles. The number of nitrogens with one attached hydrogen (secondary N) is 1. The van der Waals surface area contributed by atoms with E-state index in [1.165, 1.54) is 31.4 Å². The molecule has 2 aromatic carbocycles. The fourth-order valence-electron chi connectivity index (χ4n) is 2.25. The van der Waals surface area contributed by atoms with Crippen molar-refractivity contribution in [3.63, 3.8) is 0 Å². The zero-order valence-corrected chi connectivity index (χ0v) is 15.3. The van der Waals surface area contributed by atoms with E-state index in [2.05, 4.69) is 5.32 Å². The van der Waals surface area contributed by atoms with Crippen molar-refractivity contribution in [2.45, 2.75) is 13.3 Å². The maximum absolute atomic E-state index is 12.2. The SMILES string of the molecule is CCC(=O)Nc1ccc(C(=O)COC(=O)c2ccc(OC)c([N+](=O)[O-])c2)cc1. The molecule has 0 radical (unpaired) electrons. The lowest BCUT2D eigenvalue weighted by Gasteiger charge is -2.07. The molecule has 0 bridgehead atoms. The lowest BCUT2D eigenvalue weighted by Crippen LogP contribution is -2.15. The summed E-state index contributed by atoms with van der Waals surface area (Å²) < 4.78 is 9.81. The molecule has 9 nitrogen and oxygen atoms in total. The lowest BCUT2D eigenvalue weighted by atomic mass is 10.1. The van der Waals surface area contributed by atoms with E-state index in [1.54, 1.807) is 19.1 Å². The topological polar surface area (TPSA) is 125 Å². The van der Waals surface area contributed by atoms with Gasteiger partial charge in [-0.2, -0.15) is 0 Å². The number of methoxy groups -OCH3 is 1. The number of amides is 1. The van der Waals surface area contributed by atoms with Crippen molar-refractivity contribution in [3.05, 3.63) is 63.7 Å². The number of benzene rings is 2. The van der Waals surface area contributed by atoms with Gasteiger partial charge in [-0.25, -0.2) is 4.79 Å². The van der Waals surface area contributed by atoms with Crippen molar-refractivity contribution in [1.29, 1.82) is 0 Å². The van der Waals surface area contributed by atoms with Gasteiger partial charge in [0.25, 0.3) is 0 Å². The van der Waals surface area contributed by atoms with Crippen molar-refractivity contribution < 1.29 is 28.8 Å². The van der Waals surface area contributed by atoms with Gasteiger partial charge in [0.15, 0.2) is 18.1 Å². The van der Waals surface area contributed by atoms with Crippen LogP contribution < -0.4 is 10.1 Å². The number of ether oxygens (including phenoxy) is 2. The van der Waals surface area contributed by atoms with Gasteiger partial charge in [0.1, 0.15) is 0 Å². The molecule has 0 aliphatic rings. The molecule has 0 aliphatic carbocycles. The summed E-state index contributed by atoms with van der Waals surface area (Å²) >= 11 is 0. The number of hydrogen-bond acceptors (Lipinski definition) is 7. The summed E-state index contributed by atoms with van der Waals surface area (Å²) in [4.78, 5) is 45.9. The van der Waals surface area contributed by atoms with Crippen molar-refractivity contribution in [3.8, 4) is 5.75 Å². The highest BCUT2D eigenvalue weighted by Gasteiger charge is 2.19. The third-order valence-electron chi connectivity index (χ3n) is 3.76. The number of esters is 1. The molecule has 0 unspecified atom stereocenters. The number of nitrogens with zero attached hydrogens (tertiary/aromatic N) is 1. The molecule has 0 heterocycles. The van der Waals surface area contributed by atoms with E-state index in [0.29, 0.717) is 17.7 Å². The van der Waals surface area contributed by atoms with Crippen LogP contribution in [0.2, 0.25) is 0 Å². The number of carbonyl (C=O) groups excluding carboxylic acids is 3. The molecule has 9 heteroatoms. The van der Waals surface area contributed by atoms with Crippen LogP contribution in [0.3, 0.4) is 0 Å². The van der Waals surface area contributed by atoms with Crippen molar-refractivity contribution in [2.24, 2.45) is 0 Å². The van der Waals surface area contributed by atoms with Crippen LogP contribution in [-0.2, 0) is 9.53 Å². The first kappa shape index (κ1) is 20.6. The zero-order chi connectivity index (χ0) is 20.7. The van der Waals surface area contributed by atoms with Gasteiger partial charge in [-0.1, -0.05) is 6.92 Å². The highest BCUT2D eigenvalue weighted by molar-refractivity contribution is 6.00. The smallest absolute Gasteiger partial charge is 0.338 e. The highest BCUT2D eigenvalue weighted by atomic mass is 16.6. The number of hydrogen-bond donors (Lipinski definition) is 1. The molecule has 1 N–H and O–H groups in total. The molecule has 0 aliphatic heterocycles. The first-order valence-corrected chi connectivity index (χ1v) is 8.28. The Morgan fingerprint density at radius 1 is 1.07 bits per heavy atom. The van der Waals surface area contributed by atoms with Crippen LogP contribution >= 0.6 is 0 Å². The van der Waals surface area contributed by atoms with E-state index in [1.807, 2.05) is 0 Å². The minimum atomic E-state index is -0.870. The predicted octanol–water partition coefficient (Wildman–Crippen LogP) is 2.99. The predicted molar refractivity (Wildman–Crippen MR) is 99.6 cm³/mol. The number of ketones is 1. The Labute approximate surface area is 160 Å². The molecule has 1 amide bonds. The van der Waals surface area contributed by atoms with Gasteiger partial charge in [-0.3, -0.25) is 19.7 Å². The minimum absolute atomic E-state index is 0.00730. The summed E-state index contributed by atoms with van der Waals surface area (Å²) in [6, 6.07) is 9.74. The molecule has 0 spiro atoms. The fraction of sp³-hybridized carbons (Fsp3) is 0.211. The Balaban J connectivity index is 2.00. The van der Waals surface area contributed by atoms with Crippen LogP contribution in [0.15, 0.2) is 42.5 Å². The Kier molecular flexibility index (Phi) is 6.80. The largest absolute Gasteiger partial charge is 0.490 e. The molecule has 0 fully saturated rings. The molecule has 146 valence electrons. The molecule has 0 atom stereocenters. The summed E-state index contributed by atoms with van der Waals surface area (Å²) in [6.45, 7) is 1.19. The summed E-state index contributed by atoms with van der Waals surface area (Å²) in [7, 11) is 1.28. The highest BCUT2D eigenvalue weighted by Crippen LogP contribution is 2.27. The Hall–Kier alpha value is -3.75. The summed E-state index contributed by atoms with van der Waals surface area (Å²) in [6.07, 6.45) is 0.333. The average molecular weight is 386 g/mol. The average Bonchev–Trinajstić information content (AvgIpc) is 2.71. The summed E-state index contributed by atoms with van der Waals surface area (Å²) in [5.74, 6) is -1.47. The van der Waals surface area contributed by atoms with E-state index in [9.17, 15) is 24.5 Å². The fourth-order valence-corrected chi connectivity index (χ4v) is 2.25. The van der Waals surface area contributed by atoms with Gasteiger partial charge in [-0.15, -0.1) is 0 Å². The van der Waals surface area contributed by atoms with Crippen LogP contribution in [0, 0.1) is 10.1 Å². The number of carbonyl (C=O) groups is 3. The Morgan fingerprint density at radius 3 is 2.29 bits per heavy atom. The van der Waals surface area contributed by atoms with E-state index in [0.717, 1.165) is 6.07 Å². The molecule has 28 heavy (non-hydrogen) atoms. The standard InChI is InChI=1S/C19H18N2O7/c1-3-18(23)20-14-7-4-12(5-8-14)16(22)11-28-19(24)13-6-9-17(27-2)15(10-13)21(25)26/h4-10H,3,11H2,1-2H3,(H,20,23). The number of nitro groups is 1. The number of nitro benzene ring substituents is 1. The Bertz CT molecular complexity index is 907. The number of rotatable bonds is 8. The minimum Gasteiger partial charge on any atom is -0.490 e. The lowest BCUT2D eigenvalue weighted by molar-refractivity contribution is -0.385. The third-order valence-corrected chi connectivity index (χ3v) is 3.76. The van der Waals surface area contributed by atoms with Crippen LogP contribution in [0.5, 0.6) is 5.75 Å². The van der Waals surface area contributed by atoms with Crippen molar-refractivity contribution in [1.82, 2.24) is 0 Å². The van der Waals surface area contributed by atoms with E-state index in [4.69, 9.17) is 9.47 Å². The summed E-state index contributed by atoms with van der Waals surface area (Å²) in [5.41, 5.74) is 0.389. The summed E-state index contributed by atoms with van der Waals surface area (Å²) in [5, 5.41) is 13.7. The first-order valence-electron chi connectivity index (χ1n) is 8.28. The molecule has 0 saturated carbocycles. The van der Waals surface area contributed by atoms with Crippen LogP contribution in [0.1, 0.15) is 34.1 Å².